The lowest BCUT2D eigenvalue weighted by Crippen LogP contribution is -2.54. The Morgan fingerprint density at radius 2 is 1.91 bits per heavy atom. The Morgan fingerprint density at radius 3 is 2.55 bits per heavy atom. The van der Waals surface area contributed by atoms with E-state index in [1.165, 1.54) is 0 Å². The lowest BCUT2D eigenvalue weighted by Gasteiger charge is -2.43. The molecule has 0 bridgehead atoms. The number of carbonyl (C=O) groups excluding carboxylic acids is 1. The Bertz CT molecular complexity index is 933. The Kier molecular flexibility index (Phi) is 9.18. The number of methoxy groups -OCH3 is 2. The van der Waals surface area contributed by atoms with Crippen molar-refractivity contribution in [3.05, 3.63) is 71.3 Å². The van der Waals surface area contributed by atoms with Crippen molar-refractivity contribution in [3.63, 3.8) is 0 Å². The molecule has 6 nitrogen and oxygen atoms in total. The second-order valence-corrected chi connectivity index (χ2v) is 8.36. The Morgan fingerprint density at radius 1 is 1.18 bits per heavy atom. The number of carbonyl (C=O) groups is 1. The van der Waals surface area contributed by atoms with E-state index in [1.54, 1.807) is 20.3 Å². The fourth-order valence-corrected chi connectivity index (χ4v) is 4.18. The van der Waals surface area contributed by atoms with E-state index in [0.29, 0.717) is 42.8 Å². The third kappa shape index (κ3) is 6.08. The van der Waals surface area contributed by atoms with Gasteiger partial charge in [-0.25, -0.2) is 0 Å². The summed E-state index contributed by atoms with van der Waals surface area (Å²) in [7, 11) is 3.21. The van der Waals surface area contributed by atoms with Crippen LogP contribution < -0.4 is 9.47 Å². The summed E-state index contributed by atoms with van der Waals surface area (Å²) >= 11 is 6.08. The average Bonchev–Trinajstić information content (AvgIpc) is 2.84. The largest absolute Gasteiger partial charge is 0.493 e. The van der Waals surface area contributed by atoms with E-state index < -0.39 is 6.10 Å². The molecule has 1 saturated heterocycles. The summed E-state index contributed by atoms with van der Waals surface area (Å²) in [6.45, 7) is 7.05. The van der Waals surface area contributed by atoms with E-state index in [-0.39, 0.29) is 18.0 Å². The fourth-order valence-electron chi connectivity index (χ4n) is 4.05. The second kappa shape index (κ2) is 12.1. The molecule has 0 aromatic heterocycles. The maximum Gasteiger partial charge on any atom is 0.252 e. The van der Waals surface area contributed by atoms with Crippen LogP contribution in [0.2, 0.25) is 5.02 Å². The molecule has 3 rings (SSSR count). The molecule has 0 spiro atoms. The number of hydrogen-bond acceptors (Lipinski definition) is 5. The number of nitrogens with zero attached hydrogens (tertiary/aromatic N) is 1. The molecule has 178 valence electrons. The molecule has 0 radical (unpaired) electrons. The zero-order valence-corrected chi connectivity index (χ0v) is 20.2. The lowest BCUT2D eigenvalue weighted by molar-refractivity contribution is -0.166. The van der Waals surface area contributed by atoms with Crippen LogP contribution in [0.4, 0.5) is 0 Å². The van der Waals surface area contributed by atoms with Gasteiger partial charge < -0.3 is 23.8 Å². The van der Waals surface area contributed by atoms with Gasteiger partial charge in [-0.15, -0.1) is 6.58 Å². The number of hydrogen-bond donors (Lipinski definition) is 0. The van der Waals surface area contributed by atoms with Crippen molar-refractivity contribution >= 4 is 17.5 Å². The Balaban J connectivity index is 1.76. The SMILES string of the molecule is C=CC[C@H]1OC[C@@H](c2ccc(Cl)cc2)N([C@@H](CC)COCc2ccc(OC)c(OC)c2)C1=O. The Labute approximate surface area is 201 Å². The van der Waals surface area contributed by atoms with Crippen LogP contribution in [0.1, 0.15) is 36.9 Å². The predicted octanol–water partition coefficient (Wildman–Crippen LogP) is 5.20. The molecule has 2 aromatic carbocycles. The number of rotatable bonds is 11. The minimum atomic E-state index is -0.522. The molecule has 3 atom stereocenters. The first-order valence-electron chi connectivity index (χ1n) is 11.1. The van der Waals surface area contributed by atoms with Gasteiger partial charge in [0.2, 0.25) is 0 Å². The van der Waals surface area contributed by atoms with Gasteiger partial charge in [0, 0.05) is 11.4 Å². The van der Waals surface area contributed by atoms with Crippen molar-refractivity contribution in [1.29, 1.82) is 0 Å². The topological polar surface area (TPSA) is 57.2 Å². The van der Waals surface area contributed by atoms with Gasteiger partial charge in [-0.3, -0.25) is 4.79 Å². The fraction of sp³-hybridized carbons (Fsp3) is 0.423. The van der Waals surface area contributed by atoms with Gasteiger partial charge >= 0.3 is 0 Å². The summed E-state index contributed by atoms with van der Waals surface area (Å²) in [6.07, 6.45) is 2.43. The average molecular weight is 474 g/mol. The number of ether oxygens (including phenoxy) is 4. The number of benzene rings is 2. The third-order valence-corrected chi connectivity index (χ3v) is 6.10. The molecule has 1 aliphatic heterocycles. The van der Waals surface area contributed by atoms with Gasteiger partial charge in [-0.05, 0) is 41.8 Å². The zero-order valence-electron chi connectivity index (χ0n) is 19.5. The smallest absolute Gasteiger partial charge is 0.252 e. The molecule has 1 heterocycles. The molecule has 7 heteroatoms. The monoisotopic (exact) mass is 473 g/mol. The van der Waals surface area contributed by atoms with Crippen LogP contribution in [0, 0.1) is 0 Å². The molecular weight excluding hydrogens is 442 g/mol. The summed E-state index contributed by atoms with van der Waals surface area (Å²) in [5, 5.41) is 0.656. The molecule has 0 aliphatic carbocycles. The highest BCUT2D eigenvalue weighted by atomic mass is 35.5. The first kappa shape index (κ1) is 25.1. The van der Waals surface area contributed by atoms with Crippen molar-refractivity contribution < 1.29 is 23.7 Å². The van der Waals surface area contributed by atoms with Gasteiger partial charge in [0.15, 0.2) is 11.5 Å². The maximum atomic E-state index is 13.4. The predicted molar refractivity (Wildman–Crippen MR) is 129 cm³/mol. The summed E-state index contributed by atoms with van der Waals surface area (Å²) in [6, 6.07) is 13.0. The molecule has 1 fully saturated rings. The van der Waals surface area contributed by atoms with Gasteiger partial charge in [0.05, 0.1) is 46.1 Å². The van der Waals surface area contributed by atoms with Crippen molar-refractivity contribution in [1.82, 2.24) is 4.90 Å². The summed E-state index contributed by atoms with van der Waals surface area (Å²) in [4.78, 5) is 15.3. The van der Waals surface area contributed by atoms with E-state index >= 15 is 0 Å². The standard InChI is InChI=1S/C26H32ClNO5/c1-5-7-24-26(29)28(22(17-33-24)19-9-11-20(27)12-10-19)21(6-2)16-32-15-18-8-13-23(30-3)25(14-18)31-4/h5,8-14,21-22,24H,1,6-7,15-17H2,2-4H3/t21-,22-,24+/m0/s1. The molecule has 1 amide bonds. The van der Waals surface area contributed by atoms with Crippen molar-refractivity contribution in [3.8, 4) is 11.5 Å². The highest BCUT2D eigenvalue weighted by Crippen LogP contribution is 2.32. The van der Waals surface area contributed by atoms with E-state index in [4.69, 9.17) is 30.5 Å². The summed E-state index contributed by atoms with van der Waals surface area (Å²) in [5.41, 5.74) is 1.96. The number of halogens is 1. The van der Waals surface area contributed by atoms with E-state index in [1.807, 2.05) is 47.4 Å². The molecule has 0 N–H and O–H groups in total. The van der Waals surface area contributed by atoms with Gasteiger partial charge in [0.1, 0.15) is 6.10 Å². The molecule has 0 unspecified atom stereocenters. The molecular formula is C26H32ClNO5. The minimum absolute atomic E-state index is 0.0392. The zero-order chi connectivity index (χ0) is 23.8. The van der Waals surface area contributed by atoms with Gasteiger partial charge in [-0.1, -0.05) is 42.8 Å². The molecule has 33 heavy (non-hydrogen) atoms. The highest BCUT2D eigenvalue weighted by Gasteiger charge is 2.39. The molecule has 2 aromatic rings. The number of amides is 1. The van der Waals surface area contributed by atoms with E-state index in [9.17, 15) is 4.79 Å². The van der Waals surface area contributed by atoms with Crippen molar-refractivity contribution in [2.45, 2.75) is 44.6 Å². The molecule has 1 aliphatic rings. The van der Waals surface area contributed by atoms with Crippen molar-refractivity contribution in [2.24, 2.45) is 0 Å². The van der Waals surface area contributed by atoms with Crippen molar-refractivity contribution in [2.75, 3.05) is 27.4 Å². The van der Waals surface area contributed by atoms with Crippen LogP contribution in [0.3, 0.4) is 0 Å². The lowest BCUT2D eigenvalue weighted by atomic mass is 9.99. The van der Waals surface area contributed by atoms with Gasteiger partial charge in [-0.2, -0.15) is 0 Å². The summed E-state index contributed by atoms with van der Waals surface area (Å²) in [5.74, 6) is 1.29. The first-order chi connectivity index (χ1) is 16.0. The van der Waals surface area contributed by atoms with E-state index in [0.717, 1.165) is 17.5 Å². The third-order valence-electron chi connectivity index (χ3n) is 5.85. The van der Waals surface area contributed by atoms with Crippen LogP contribution in [-0.2, 0) is 20.9 Å². The van der Waals surface area contributed by atoms with E-state index in [2.05, 4.69) is 13.5 Å². The van der Waals surface area contributed by atoms with Crippen LogP contribution in [0.15, 0.2) is 55.1 Å². The molecule has 0 saturated carbocycles. The van der Waals surface area contributed by atoms with Crippen LogP contribution >= 0.6 is 11.6 Å². The Hall–Kier alpha value is -2.54. The van der Waals surface area contributed by atoms with Crippen LogP contribution in [0.25, 0.3) is 0 Å². The highest BCUT2D eigenvalue weighted by molar-refractivity contribution is 6.30. The minimum Gasteiger partial charge on any atom is -0.493 e. The maximum absolute atomic E-state index is 13.4. The first-order valence-corrected chi connectivity index (χ1v) is 11.5. The van der Waals surface area contributed by atoms with Crippen LogP contribution in [-0.4, -0.2) is 50.4 Å². The second-order valence-electron chi connectivity index (χ2n) is 7.93. The quantitative estimate of drug-likeness (QED) is 0.420. The number of morpholine rings is 1. The normalized spacial score (nSPS) is 19.3. The van der Waals surface area contributed by atoms with Crippen LogP contribution in [0.5, 0.6) is 11.5 Å². The van der Waals surface area contributed by atoms with Gasteiger partial charge in [0.25, 0.3) is 5.91 Å². The summed E-state index contributed by atoms with van der Waals surface area (Å²) < 4.78 is 22.7.